The predicted molar refractivity (Wildman–Crippen MR) is 105 cm³/mol. The summed E-state index contributed by atoms with van der Waals surface area (Å²) < 4.78 is 5.18. The van der Waals surface area contributed by atoms with Gasteiger partial charge in [0.2, 0.25) is 5.91 Å². The van der Waals surface area contributed by atoms with Crippen LogP contribution < -0.4 is 10.6 Å². The molecule has 3 unspecified atom stereocenters. The second-order valence-electron chi connectivity index (χ2n) is 8.91. The van der Waals surface area contributed by atoms with Gasteiger partial charge < -0.3 is 15.4 Å². The molecule has 0 aliphatic heterocycles. The third kappa shape index (κ3) is 3.77. The quantitative estimate of drug-likeness (QED) is 0.737. The van der Waals surface area contributed by atoms with Crippen LogP contribution in [0.5, 0.6) is 0 Å². The highest BCUT2D eigenvalue weighted by Gasteiger charge is 2.61. The molecule has 152 valence electrons. The molecule has 3 rings (SSSR count). The number of esters is 1. The van der Waals surface area contributed by atoms with Gasteiger partial charge in [-0.1, -0.05) is 32.9 Å². The number of carbonyl (C=O) groups is 3. The summed E-state index contributed by atoms with van der Waals surface area (Å²) in [5.41, 5.74) is 1.59. The lowest BCUT2D eigenvalue weighted by molar-refractivity contribution is -0.126. The van der Waals surface area contributed by atoms with Crippen molar-refractivity contribution >= 4 is 17.8 Å². The molecular weight excluding hydrogens is 356 g/mol. The smallest absolute Gasteiger partial charge is 0.338 e. The van der Waals surface area contributed by atoms with Crippen molar-refractivity contribution in [2.75, 3.05) is 6.61 Å². The minimum atomic E-state index is -0.527. The van der Waals surface area contributed by atoms with Gasteiger partial charge in [0.25, 0.3) is 5.91 Å². The molecule has 0 saturated heterocycles. The third-order valence-electron chi connectivity index (χ3n) is 7.19. The fourth-order valence-electron chi connectivity index (χ4n) is 4.86. The summed E-state index contributed by atoms with van der Waals surface area (Å²) in [6, 6.07) is 6.92. The van der Waals surface area contributed by atoms with Crippen LogP contribution in [0, 0.1) is 16.7 Å². The Labute approximate surface area is 166 Å². The highest BCUT2D eigenvalue weighted by atomic mass is 16.5. The van der Waals surface area contributed by atoms with Crippen molar-refractivity contribution in [1.82, 2.24) is 10.6 Å². The molecule has 2 N–H and O–H groups in total. The molecule has 1 aromatic rings. The maximum atomic E-state index is 12.3. The third-order valence-corrected chi connectivity index (χ3v) is 7.19. The zero-order valence-corrected chi connectivity index (χ0v) is 17.1. The van der Waals surface area contributed by atoms with Crippen LogP contribution in [0.3, 0.4) is 0 Å². The topological polar surface area (TPSA) is 84.5 Å². The van der Waals surface area contributed by atoms with Crippen molar-refractivity contribution in [3.05, 3.63) is 35.4 Å². The number of carbonyl (C=O) groups excluding carboxylic acids is 3. The molecule has 0 spiro atoms. The normalized spacial score (nSPS) is 27.3. The Hall–Kier alpha value is -2.37. The fraction of sp³-hybridized carbons (Fsp3) is 0.591. The number of hydrogen-bond donors (Lipinski definition) is 2. The molecule has 2 amide bonds. The number of fused-ring (bicyclic) bond motifs is 2. The lowest BCUT2D eigenvalue weighted by Crippen LogP contribution is -2.48. The molecule has 0 heterocycles. The zero-order chi connectivity index (χ0) is 20.5. The molecule has 3 atom stereocenters. The SMILES string of the molecule is CC(=O)NCc1ccc(C(=O)OCC(=O)NC2CC3CCC2(C)C3(C)C)cc1. The van der Waals surface area contributed by atoms with Crippen molar-refractivity contribution in [3.63, 3.8) is 0 Å². The monoisotopic (exact) mass is 386 g/mol. The van der Waals surface area contributed by atoms with Gasteiger partial charge in [-0.3, -0.25) is 9.59 Å². The van der Waals surface area contributed by atoms with Gasteiger partial charge in [-0.2, -0.15) is 0 Å². The van der Waals surface area contributed by atoms with Gasteiger partial charge in [0, 0.05) is 19.5 Å². The Kier molecular flexibility index (Phi) is 5.50. The van der Waals surface area contributed by atoms with Crippen LogP contribution in [0.4, 0.5) is 0 Å². The molecule has 2 saturated carbocycles. The van der Waals surface area contributed by atoms with Crippen LogP contribution in [0.2, 0.25) is 0 Å². The Balaban J connectivity index is 1.48. The second-order valence-corrected chi connectivity index (χ2v) is 8.91. The van der Waals surface area contributed by atoms with E-state index in [-0.39, 0.29) is 35.3 Å². The summed E-state index contributed by atoms with van der Waals surface area (Å²) in [6.07, 6.45) is 3.35. The van der Waals surface area contributed by atoms with Gasteiger partial charge in [0.05, 0.1) is 5.56 Å². The highest BCUT2D eigenvalue weighted by molar-refractivity contribution is 5.91. The Bertz CT molecular complexity index is 771. The van der Waals surface area contributed by atoms with E-state index in [2.05, 4.69) is 31.4 Å². The molecule has 2 aliphatic rings. The highest BCUT2D eigenvalue weighted by Crippen LogP contribution is 2.65. The minimum Gasteiger partial charge on any atom is -0.452 e. The molecule has 28 heavy (non-hydrogen) atoms. The van der Waals surface area contributed by atoms with Crippen molar-refractivity contribution in [2.45, 2.75) is 59.5 Å². The minimum absolute atomic E-state index is 0.0983. The van der Waals surface area contributed by atoms with E-state index in [1.807, 2.05) is 0 Å². The molecule has 0 aromatic heterocycles. The van der Waals surface area contributed by atoms with Crippen molar-refractivity contribution in [3.8, 4) is 0 Å². The number of benzene rings is 1. The van der Waals surface area contributed by atoms with Crippen LogP contribution in [0.15, 0.2) is 24.3 Å². The van der Waals surface area contributed by atoms with Gasteiger partial charge in [-0.15, -0.1) is 0 Å². The van der Waals surface area contributed by atoms with Gasteiger partial charge in [0.15, 0.2) is 6.61 Å². The predicted octanol–water partition coefficient (Wildman–Crippen LogP) is 2.81. The zero-order valence-electron chi connectivity index (χ0n) is 17.1. The van der Waals surface area contributed by atoms with Crippen LogP contribution in [-0.4, -0.2) is 30.4 Å². The number of amides is 2. The van der Waals surface area contributed by atoms with Crippen LogP contribution in [0.1, 0.15) is 62.9 Å². The van der Waals surface area contributed by atoms with E-state index >= 15 is 0 Å². The number of ether oxygens (including phenoxy) is 1. The molecular formula is C22H30N2O4. The summed E-state index contributed by atoms with van der Waals surface area (Å²) in [5.74, 6) is -0.241. The average molecular weight is 386 g/mol. The van der Waals surface area contributed by atoms with E-state index in [1.54, 1.807) is 24.3 Å². The first kappa shape index (κ1) is 20.4. The first-order valence-electron chi connectivity index (χ1n) is 9.93. The van der Waals surface area contributed by atoms with E-state index < -0.39 is 5.97 Å². The molecule has 2 aliphatic carbocycles. The molecule has 6 heteroatoms. The molecule has 6 nitrogen and oxygen atoms in total. The van der Waals surface area contributed by atoms with Crippen LogP contribution >= 0.6 is 0 Å². The summed E-state index contributed by atoms with van der Waals surface area (Å²) in [7, 11) is 0. The van der Waals surface area contributed by atoms with Gasteiger partial charge in [0.1, 0.15) is 0 Å². The standard InChI is InChI=1S/C22H30N2O4/c1-14(25)23-12-15-5-7-16(8-6-15)20(27)28-13-19(26)24-18-11-17-9-10-22(18,4)21(17,2)3/h5-8,17-18H,9-13H2,1-4H3,(H,23,25)(H,24,26). The molecule has 2 fully saturated rings. The summed E-state index contributed by atoms with van der Waals surface area (Å²) in [4.78, 5) is 35.5. The number of nitrogens with one attached hydrogen (secondary N) is 2. The first-order chi connectivity index (χ1) is 13.1. The van der Waals surface area contributed by atoms with Gasteiger partial charge in [-0.05, 0) is 53.7 Å². The van der Waals surface area contributed by atoms with E-state index in [4.69, 9.17) is 4.74 Å². The van der Waals surface area contributed by atoms with E-state index in [0.717, 1.165) is 18.4 Å². The average Bonchev–Trinajstić information content (AvgIpc) is 2.98. The summed E-state index contributed by atoms with van der Waals surface area (Å²) >= 11 is 0. The Morgan fingerprint density at radius 2 is 1.82 bits per heavy atom. The fourth-order valence-corrected chi connectivity index (χ4v) is 4.86. The van der Waals surface area contributed by atoms with E-state index in [1.165, 1.54) is 13.3 Å². The lowest BCUT2D eigenvalue weighted by Gasteiger charge is -2.39. The maximum absolute atomic E-state index is 12.3. The molecule has 1 aromatic carbocycles. The number of rotatable bonds is 6. The largest absolute Gasteiger partial charge is 0.452 e. The molecule has 0 radical (unpaired) electrons. The maximum Gasteiger partial charge on any atom is 0.338 e. The first-order valence-corrected chi connectivity index (χ1v) is 9.93. The Morgan fingerprint density at radius 3 is 2.36 bits per heavy atom. The summed E-state index contributed by atoms with van der Waals surface area (Å²) in [6.45, 7) is 8.45. The van der Waals surface area contributed by atoms with Crippen molar-refractivity contribution in [1.29, 1.82) is 0 Å². The van der Waals surface area contributed by atoms with E-state index in [9.17, 15) is 14.4 Å². The molecule has 2 bridgehead atoms. The lowest BCUT2D eigenvalue weighted by atomic mass is 9.69. The number of hydrogen-bond acceptors (Lipinski definition) is 4. The van der Waals surface area contributed by atoms with Crippen molar-refractivity contribution < 1.29 is 19.1 Å². The van der Waals surface area contributed by atoms with Gasteiger partial charge in [-0.25, -0.2) is 4.79 Å². The summed E-state index contributed by atoms with van der Waals surface area (Å²) in [5, 5.41) is 5.79. The van der Waals surface area contributed by atoms with E-state index in [0.29, 0.717) is 18.0 Å². The Morgan fingerprint density at radius 1 is 1.14 bits per heavy atom. The van der Waals surface area contributed by atoms with Crippen LogP contribution in [0.25, 0.3) is 0 Å². The van der Waals surface area contributed by atoms with Gasteiger partial charge >= 0.3 is 5.97 Å². The van der Waals surface area contributed by atoms with Crippen LogP contribution in [-0.2, 0) is 20.9 Å². The second kappa shape index (κ2) is 7.57. The van der Waals surface area contributed by atoms with Crippen molar-refractivity contribution in [2.24, 2.45) is 16.7 Å².